The van der Waals surface area contributed by atoms with Crippen LogP contribution in [-0.2, 0) is 10.2 Å². The van der Waals surface area contributed by atoms with E-state index in [1.54, 1.807) is 12.1 Å². The molecular formula is C21H34O3. The first kappa shape index (κ1) is 20.5. The van der Waals surface area contributed by atoms with Gasteiger partial charge >= 0.3 is 5.97 Å². The molecule has 136 valence electrons. The Hall–Kier alpha value is -1.51. The van der Waals surface area contributed by atoms with Crippen LogP contribution >= 0.6 is 0 Å². The predicted octanol–water partition coefficient (Wildman–Crippen LogP) is 5.76. The maximum Gasteiger partial charge on any atom is 0.306 e. The number of carbonyl (C=O) groups is 1. The number of aliphatic carboxylic acids is 1. The molecule has 0 aromatic heterocycles. The molecule has 2 N–H and O–H groups in total. The molecule has 0 fully saturated rings. The Morgan fingerprint density at radius 2 is 1.75 bits per heavy atom. The van der Waals surface area contributed by atoms with Gasteiger partial charge in [0.2, 0.25) is 0 Å². The molecule has 0 aliphatic carbocycles. The molecule has 24 heavy (non-hydrogen) atoms. The van der Waals surface area contributed by atoms with Crippen LogP contribution in [0, 0.1) is 11.8 Å². The first-order valence-corrected chi connectivity index (χ1v) is 9.32. The molecule has 0 heterocycles. The van der Waals surface area contributed by atoms with Gasteiger partial charge in [0.05, 0.1) is 5.92 Å². The lowest BCUT2D eigenvalue weighted by Crippen LogP contribution is -2.23. The Balaban J connectivity index is 2.67. The molecule has 0 aliphatic heterocycles. The Morgan fingerprint density at radius 1 is 1.12 bits per heavy atom. The van der Waals surface area contributed by atoms with Gasteiger partial charge in [-0.25, -0.2) is 0 Å². The standard InChI is InChI=1S/C21H34O3/c1-5-7-8-16(6-2)15-17(20(23)24)13-14-21(3,4)18-9-11-19(22)12-10-18/h9-12,16-17,22H,5-8,13-15H2,1-4H3,(H,23,24). The van der Waals surface area contributed by atoms with Crippen LogP contribution in [0.3, 0.4) is 0 Å². The number of carboxylic acid groups (broad SMARTS) is 1. The van der Waals surface area contributed by atoms with Crippen molar-refractivity contribution in [1.29, 1.82) is 0 Å². The molecule has 0 radical (unpaired) electrons. The van der Waals surface area contributed by atoms with Gasteiger partial charge in [-0.15, -0.1) is 0 Å². The van der Waals surface area contributed by atoms with Gasteiger partial charge in [-0.1, -0.05) is 65.5 Å². The minimum Gasteiger partial charge on any atom is -0.508 e. The van der Waals surface area contributed by atoms with Gasteiger partial charge in [0.1, 0.15) is 5.75 Å². The van der Waals surface area contributed by atoms with E-state index < -0.39 is 5.97 Å². The summed E-state index contributed by atoms with van der Waals surface area (Å²) >= 11 is 0. The molecule has 3 nitrogen and oxygen atoms in total. The van der Waals surface area contributed by atoms with Crippen molar-refractivity contribution in [1.82, 2.24) is 0 Å². The maximum absolute atomic E-state index is 11.7. The topological polar surface area (TPSA) is 57.5 Å². The van der Waals surface area contributed by atoms with Crippen molar-refractivity contribution >= 4 is 5.97 Å². The highest BCUT2D eigenvalue weighted by Crippen LogP contribution is 2.33. The Bertz CT molecular complexity index is 490. The Labute approximate surface area is 147 Å². The van der Waals surface area contributed by atoms with Crippen molar-refractivity contribution in [2.75, 3.05) is 0 Å². The van der Waals surface area contributed by atoms with Crippen LogP contribution < -0.4 is 0 Å². The van der Waals surface area contributed by atoms with Gasteiger partial charge in [0.25, 0.3) is 0 Å². The molecule has 0 saturated carbocycles. The van der Waals surface area contributed by atoms with Gasteiger partial charge in [-0.05, 0) is 48.3 Å². The van der Waals surface area contributed by atoms with Crippen molar-refractivity contribution < 1.29 is 15.0 Å². The van der Waals surface area contributed by atoms with Crippen LogP contribution in [0.2, 0.25) is 0 Å². The highest BCUT2D eigenvalue weighted by Gasteiger charge is 2.27. The van der Waals surface area contributed by atoms with Gasteiger partial charge in [-0.3, -0.25) is 4.79 Å². The second kappa shape index (κ2) is 9.71. The predicted molar refractivity (Wildman–Crippen MR) is 99.4 cm³/mol. The van der Waals surface area contributed by atoms with E-state index in [0.29, 0.717) is 12.3 Å². The molecule has 0 saturated heterocycles. The van der Waals surface area contributed by atoms with Crippen LogP contribution in [0.5, 0.6) is 5.75 Å². The summed E-state index contributed by atoms with van der Waals surface area (Å²) in [6.45, 7) is 8.64. The summed E-state index contributed by atoms with van der Waals surface area (Å²) in [4.78, 5) is 11.7. The largest absolute Gasteiger partial charge is 0.508 e. The molecule has 0 amide bonds. The number of hydrogen-bond donors (Lipinski definition) is 2. The van der Waals surface area contributed by atoms with E-state index in [1.807, 2.05) is 12.1 Å². The van der Waals surface area contributed by atoms with Crippen LogP contribution in [0.25, 0.3) is 0 Å². The Morgan fingerprint density at radius 3 is 2.25 bits per heavy atom. The number of carboxylic acids is 1. The number of hydrogen-bond acceptors (Lipinski definition) is 2. The average molecular weight is 334 g/mol. The second-order valence-corrected chi connectivity index (χ2v) is 7.66. The number of phenolic OH excluding ortho intramolecular Hbond substituents is 1. The molecule has 0 spiro atoms. The summed E-state index contributed by atoms with van der Waals surface area (Å²) in [7, 11) is 0. The van der Waals surface area contributed by atoms with Crippen molar-refractivity contribution in [3.63, 3.8) is 0 Å². The van der Waals surface area contributed by atoms with E-state index in [4.69, 9.17) is 0 Å². The zero-order chi connectivity index (χ0) is 18.2. The fourth-order valence-electron chi connectivity index (χ4n) is 3.32. The van der Waals surface area contributed by atoms with Crippen LogP contribution in [0.15, 0.2) is 24.3 Å². The normalized spacial score (nSPS) is 14.3. The van der Waals surface area contributed by atoms with Gasteiger partial charge in [0.15, 0.2) is 0 Å². The quantitative estimate of drug-likeness (QED) is 0.541. The van der Waals surface area contributed by atoms with E-state index in [0.717, 1.165) is 31.2 Å². The van der Waals surface area contributed by atoms with Crippen LogP contribution in [0.1, 0.15) is 78.2 Å². The molecular weight excluding hydrogens is 300 g/mol. The SMILES string of the molecule is CCCCC(CC)CC(CCC(C)(C)c1ccc(O)cc1)C(=O)O. The van der Waals surface area contributed by atoms with Crippen molar-refractivity contribution in [3.8, 4) is 5.75 Å². The maximum atomic E-state index is 11.7. The fourth-order valence-corrected chi connectivity index (χ4v) is 3.32. The summed E-state index contributed by atoms with van der Waals surface area (Å²) in [6.07, 6.45) is 6.87. The molecule has 3 heteroatoms. The molecule has 0 aliphatic rings. The number of unbranched alkanes of at least 4 members (excludes halogenated alkanes) is 1. The molecule has 0 bridgehead atoms. The van der Waals surface area contributed by atoms with Crippen LogP contribution in [0.4, 0.5) is 0 Å². The van der Waals surface area contributed by atoms with Crippen LogP contribution in [-0.4, -0.2) is 16.2 Å². The molecule has 1 rings (SSSR count). The third-order valence-corrected chi connectivity index (χ3v) is 5.28. The highest BCUT2D eigenvalue weighted by atomic mass is 16.4. The van der Waals surface area contributed by atoms with Crippen molar-refractivity contribution in [2.45, 2.75) is 78.1 Å². The van der Waals surface area contributed by atoms with Gasteiger partial charge in [-0.2, -0.15) is 0 Å². The lowest BCUT2D eigenvalue weighted by atomic mass is 9.77. The zero-order valence-electron chi connectivity index (χ0n) is 15.7. The monoisotopic (exact) mass is 334 g/mol. The zero-order valence-corrected chi connectivity index (χ0v) is 15.7. The third-order valence-electron chi connectivity index (χ3n) is 5.28. The van der Waals surface area contributed by atoms with E-state index in [9.17, 15) is 15.0 Å². The summed E-state index contributed by atoms with van der Waals surface area (Å²) in [5.41, 5.74) is 1.05. The molecule has 2 unspecified atom stereocenters. The average Bonchev–Trinajstić information content (AvgIpc) is 2.54. The minimum atomic E-state index is -0.661. The summed E-state index contributed by atoms with van der Waals surface area (Å²) < 4.78 is 0. The number of aromatic hydroxyl groups is 1. The fraction of sp³-hybridized carbons (Fsp3) is 0.667. The summed E-state index contributed by atoms with van der Waals surface area (Å²) in [5, 5.41) is 19.0. The Kier molecular flexibility index (Phi) is 8.30. The minimum absolute atomic E-state index is 0.0907. The summed E-state index contributed by atoms with van der Waals surface area (Å²) in [6, 6.07) is 7.26. The highest BCUT2D eigenvalue weighted by molar-refractivity contribution is 5.69. The van der Waals surface area contributed by atoms with E-state index in [2.05, 4.69) is 27.7 Å². The third kappa shape index (κ3) is 6.54. The number of rotatable bonds is 11. The molecule has 1 aromatic rings. The second-order valence-electron chi connectivity index (χ2n) is 7.66. The molecule has 1 aromatic carbocycles. The van der Waals surface area contributed by atoms with E-state index in [-0.39, 0.29) is 17.1 Å². The van der Waals surface area contributed by atoms with E-state index >= 15 is 0 Å². The first-order chi connectivity index (χ1) is 11.3. The lowest BCUT2D eigenvalue weighted by Gasteiger charge is -2.28. The summed E-state index contributed by atoms with van der Waals surface area (Å²) in [5.74, 6) is -0.142. The smallest absolute Gasteiger partial charge is 0.306 e. The van der Waals surface area contributed by atoms with Crippen molar-refractivity contribution in [2.24, 2.45) is 11.8 Å². The van der Waals surface area contributed by atoms with Crippen molar-refractivity contribution in [3.05, 3.63) is 29.8 Å². The van der Waals surface area contributed by atoms with E-state index in [1.165, 1.54) is 12.8 Å². The lowest BCUT2D eigenvalue weighted by molar-refractivity contribution is -0.142. The molecule has 2 atom stereocenters. The number of benzene rings is 1. The van der Waals surface area contributed by atoms with Gasteiger partial charge in [0, 0.05) is 0 Å². The first-order valence-electron chi connectivity index (χ1n) is 9.32. The van der Waals surface area contributed by atoms with Gasteiger partial charge < -0.3 is 10.2 Å². The number of phenols is 1.